The lowest BCUT2D eigenvalue weighted by Crippen LogP contribution is -2.36. The van der Waals surface area contributed by atoms with E-state index in [9.17, 15) is 22.8 Å². The summed E-state index contributed by atoms with van der Waals surface area (Å²) in [7, 11) is 1.51. The molecule has 5 nitrogen and oxygen atoms in total. The third-order valence-corrected chi connectivity index (χ3v) is 2.69. The molecule has 0 aliphatic heterocycles. The van der Waals surface area contributed by atoms with Crippen LogP contribution in [0.4, 0.5) is 18.9 Å². The fourth-order valence-electron chi connectivity index (χ4n) is 1.40. The number of rotatable bonds is 5. The minimum absolute atomic E-state index is 0.0892. The van der Waals surface area contributed by atoms with Crippen LogP contribution in [0.15, 0.2) is 12.1 Å². The highest BCUT2D eigenvalue weighted by Gasteiger charge is 2.16. The fraction of sp³-hybridized carbons (Fsp3) is 0.385. The minimum Gasteiger partial charge on any atom is -0.382 e. The van der Waals surface area contributed by atoms with E-state index in [0.717, 1.165) is 0 Å². The van der Waals surface area contributed by atoms with Gasteiger partial charge in [-0.25, -0.2) is 13.2 Å². The van der Waals surface area contributed by atoms with Crippen LogP contribution in [0, 0.1) is 17.5 Å². The van der Waals surface area contributed by atoms with E-state index in [1.807, 2.05) is 5.32 Å². The molecule has 0 aliphatic rings. The molecule has 1 rings (SSSR count). The molecule has 1 aromatic rings. The predicted octanol–water partition coefficient (Wildman–Crippen LogP) is 1.58. The molecule has 1 atom stereocenters. The molecule has 21 heavy (non-hydrogen) atoms. The number of carbonyl (C=O) groups excluding carboxylic acids is 2. The molecule has 0 heterocycles. The summed E-state index contributed by atoms with van der Waals surface area (Å²) in [6.07, 6.45) is 0.406. The highest BCUT2D eigenvalue weighted by atomic mass is 19.2. The average Bonchev–Trinajstić information content (AvgIpc) is 2.44. The van der Waals surface area contributed by atoms with Gasteiger partial charge in [0.25, 0.3) is 0 Å². The number of carbonyl (C=O) groups is 2. The molecule has 1 unspecified atom stereocenters. The second-order valence-corrected chi connectivity index (χ2v) is 4.30. The van der Waals surface area contributed by atoms with E-state index in [0.29, 0.717) is 18.6 Å². The van der Waals surface area contributed by atoms with Crippen LogP contribution in [-0.4, -0.2) is 31.6 Å². The topological polar surface area (TPSA) is 67.4 Å². The van der Waals surface area contributed by atoms with Crippen LogP contribution in [0.5, 0.6) is 0 Å². The molecular weight excluding hydrogens is 289 g/mol. The van der Waals surface area contributed by atoms with Gasteiger partial charge < -0.3 is 15.4 Å². The van der Waals surface area contributed by atoms with Crippen LogP contribution < -0.4 is 10.6 Å². The number of benzene rings is 1. The Kier molecular flexibility index (Phi) is 6.16. The molecular formula is C13H15F3N2O3. The lowest BCUT2D eigenvalue weighted by molar-refractivity contribution is -0.136. The predicted molar refractivity (Wildman–Crippen MR) is 69.0 cm³/mol. The van der Waals surface area contributed by atoms with E-state index >= 15 is 0 Å². The van der Waals surface area contributed by atoms with Crippen LogP contribution in [-0.2, 0) is 14.3 Å². The summed E-state index contributed by atoms with van der Waals surface area (Å²) >= 11 is 0. The molecule has 0 aliphatic carbocycles. The third-order valence-electron chi connectivity index (χ3n) is 2.69. The molecule has 0 bridgehead atoms. The number of methoxy groups -OCH3 is 1. The molecule has 116 valence electrons. The molecule has 8 heteroatoms. The second-order valence-electron chi connectivity index (χ2n) is 4.30. The number of amides is 2. The van der Waals surface area contributed by atoms with Crippen molar-refractivity contribution < 1.29 is 27.5 Å². The van der Waals surface area contributed by atoms with Gasteiger partial charge in [-0.15, -0.1) is 0 Å². The maximum Gasteiger partial charge on any atom is 0.313 e. The number of ether oxygens (including phenoxy) is 1. The maximum atomic E-state index is 12.9. The Morgan fingerprint density at radius 1 is 1.19 bits per heavy atom. The molecule has 0 aromatic heterocycles. The SMILES string of the molecule is COC(C)CCNC(=O)C(=O)Nc1cc(F)c(F)c(F)c1. The zero-order chi connectivity index (χ0) is 16.0. The molecule has 1 aromatic carbocycles. The molecule has 0 saturated heterocycles. The first-order valence-electron chi connectivity index (χ1n) is 6.11. The van der Waals surface area contributed by atoms with Gasteiger partial charge in [0, 0.05) is 31.5 Å². The normalized spacial score (nSPS) is 11.9. The van der Waals surface area contributed by atoms with Gasteiger partial charge in [-0.3, -0.25) is 9.59 Å². The Bertz CT molecular complexity index is 514. The smallest absolute Gasteiger partial charge is 0.313 e. The standard InChI is InChI=1S/C13H15F3N2O3/c1-7(21-2)3-4-17-12(19)13(20)18-8-5-9(14)11(16)10(15)6-8/h5-7H,3-4H2,1-2H3,(H,17,19)(H,18,20). The first-order chi connectivity index (χ1) is 9.85. The lowest BCUT2D eigenvalue weighted by Gasteiger charge is -2.10. The Morgan fingerprint density at radius 2 is 1.76 bits per heavy atom. The van der Waals surface area contributed by atoms with Crippen LogP contribution in [0.1, 0.15) is 13.3 Å². The number of hydrogen-bond donors (Lipinski definition) is 2. The van der Waals surface area contributed by atoms with Crippen LogP contribution in [0.2, 0.25) is 0 Å². The zero-order valence-electron chi connectivity index (χ0n) is 11.5. The number of anilines is 1. The van der Waals surface area contributed by atoms with Crippen molar-refractivity contribution in [2.24, 2.45) is 0 Å². The summed E-state index contributed by atoms with van der Waals surface area (Å²) in [5.74, 6) is -6.64. The van der Waals surface area contributed by atoms with Crippen molar-refractivity contribution >= 4 is 17.5 Å². The summed E-state index contributed by atoms with van der Waals surface area (Å²) in [5, 5.41) is 4.29. The average molecular weight is 304 g/mol. The number of hydrogen-bond acceptors (Lipinski definition) is 3. The molecule has 2 N–H and O–H groups in total. The number of halogens is 3. The van der Waals surface area contributed by atoms with Gasteiger partial charge in [-0.05, 0) is 13.3 Å². The van der Waals surface area contributed by atoms with Crippen molar-refractivity contribution in [3.63, 3.8) is 0 Å². The molecule has 0 spiro atoms. The van der Waals surface area contributed by atoms with Crippen molar-refractivity contribution in [1.29, 1.82) is 0 Å². The van der Waals surface area contributed by atoms with E-state index in [-0.39, 0.29) is 18.3 Å². The zero-order valence-corrected chi connectivity index (χ0v) is 11.5. The first kappa shape index (κ1) is 17.0. The van der Waals surface area contributed by atoms with E-state index in [4.69, 9.17) is 4.74 Å². The molecule has 2 amide bonds. The highest BCUT2D eigenvalue weighted by Crippen LogP contribution is 2.17. The summed E-state index contributed by atoms with van der Waals surface area (Å²) in [6, 6.07) is 1.16. The summed E-state index contributed by atoms with van der Waals surface area (Å²) in [4.78, 5) is 22.9. The van der Waals surface area contributed by atoms with Crippen molar-refractivity contribution in [3.8, 4) is 0 Å². The highest BCUT2D eigenvalue weighted by molar-refractivity contribution is 6.39. The van der Waals surface area contributed by atoms with Crippen molar-refractivity contribution in [2.75, 3.05) is 19.0 Å². The first-order valence-corrected chi connectivity index (χ1v) is 6.11. The van der Waals surface area contributed by atoms with Gasteiger partial charge in [0.1, 0.15) is 0 Å². The second kappa shape index (κ2) is 7.63. The minimum atomic E-state index is -1.65. The third kappa shape index (κ3) is 5.07. The van der Waals surface area contributed by atoms with Crippen molar-refractivity contribution in [2.45, 2.75) is 19.4 Å². The Hall–Kier alpha value is -2.09. The quantitative estimate of drug-likeness (QED) is 0.641. The molecule has 0 saturated carbocycles. The van der Waals surface area contributed by atoms with Crippen LogP contribution in [0.3, 0.4) is 0 Å². The van der Waals surface area contributed by atoms with Crippen molar-refractivity contribution in [1.82, 2.24) is 5.32 Å². The summed E-state index contributed by atoms with van der Waals surface area (Å²) < 4.78 is 43.6. The monoisotopic (exact) mass is 304 g/mol. The largest absolute Gasteiger partial charge is 0.382 e. The van der Waals surface area contributed by atoms with Crippen LogP contribution in [0.25, 0.3) is 0 Å². The van der Waals surface area contributed by atoms with Gasteiger partial charge >= 0.3 is 11.8 Å². The van der Waals surface area contributed by atoms with Gasteiger partial charge in [0.05, 0.1) is 6.10 Å². The van der Waals surface area contributed by atoms with Gasteiger partial charge in [0.15, 0.2) is 17.5 Å². The van der Waals surface area contributed by atoms with Gasteiger partial charge in [-0.1, -0.05) is 0 Å². The fourth-order valence-corrected chi connectivity index (χ4v) is 1.40. The Labute approximate surface area is 119 Å². The van der Waals surface area contributed by atoms with Gasteiger partial charge in [-0.2, -0.15) is 0 Å². The Balaban J connectivity index is 2.55. The number of nitrogens with one attached hydrogen (secondary N) is 2. The summed E-state index contributed by atoms with van der Waals surface area (Å²) in [6.45, 7) is 1.99. The van der Waals surface area contributed by atoms with E-state index in [2.05, 4.69) is 5.32 Å². The molecule has 0 fully saturated rings. The van der Waals surface area contributed by atoms with Crippen molar-refractivity contribution in [3.05, 3.63) is 29.6 Å². The Morgan fingerprint density at radius 3 is 2.29 bits per heavy atom. The van der Waals surface area contributed by atoms with E-state index in [1.54, 1.807) is 6.92 Å². The van der Waals surface area contributed by atoms with Crippen LogP contribution >= 0.6 is 0 Å². The van der Waals surface area contributed by atoms with E-state index < -0.39 is 29.3 Å². The maximum absolute atomic E-state index is 12.9. The lowest BCUT2D eigenvalue weighted by atomic mass is 10.2. The van der Waals surface area contributed by atoms with E-state index in [1.165, 1.54) is 7.11 Å². The summed E-state index contributed by atoms with van der Waals surface area (Å²) in [5.41, 5.74) is -0.350. The van der Waals surface area contributed by atoms with Gasteiger partial charge in [0.2, 0.25) is 0 Å². The molecule has 0 radical (unpaired) electrons.